The Labute approximate surface area is 171 Å². The van der Waals surface area contributed by atoms with Gasteiger partial charge in [0, 0.05) is 11.5 Å². The van der Waals surface area contributed by atoms with E-state index in [0.29, 0.717) is 12.0 Å². The van der Waals surface area contributed by atoms with Crippen molar-refractivity contribution in [3.05, 3.63) is 46.2 Å². The Morgan fingerprint density at radius 1 is 1.20 bits per heavy atom. The van der Waals surface area contributed by atoms with Gasteiger partial charge in [-0.3, -0.25) is 19.3 Å². The lowest BCUT2D eigenvalue weighted by Crippen LogP contribution is -2.65. The van der Waals surface area contributed by atoms with Gasteiger partial charge in [0.2, 0.25) is 5.78 Å². The maximum absolute atomic E-state index is 13.5. The predicted molar refractivity (Wildman–Crippen MR) is 104 cm³/mol. The largest absolute Gasteiger partial charge is 0.508 e. The highest BCUT2D eigenvalue weighted by Crippen LogP contribution is 2.52. The lowest BCUT2D eigenvalue weighted by molar-refractivity contribution is -0.153. The van der Waals surface area contributed by atoms with Crippen molar-refractivity contribution < 1.29 is 34.8 Å². The van der Waals surface area contributed by atoms with Gasteiger partial charge in [-0.2, -0.15) is 0 Å². The molecule has 0 radical (unpaired) electrons. The maximum Gasteiger partial charge on any atom is 0.255 e. The molecule has 9 heteroatoms. The topological polar surface area (TPSA) is 161 Å². The molecule has 1 saturated carbocycles. The van der Waals surface area contributed by atoms with Crippen LogP contribution in [0.15, 0.2) is 35.1 Å². The molecule has 0 heterocycles. The molecule has 6 N–H and O–H groups in total. The fourth-order valence-corrected chi connectivity index (χ4v) is 5.18. The number of phenols is 1. The summed E-state index contributed by atoms with van der Waals surface area (Å²) in [5.41, 5.74) is 2.41. The standard InChI is InChI=1S/C21H22N2O7/c1-23(2)15-10-7-9-6-8-4-3-5-11(24)12(8)16(25)13(9)18(27)21(10,30)19(28)14(17(15)26)20(22)29/h3-5,9-10,15,24-25,28,30H,6-7H2,1-2H3,(H2,22,29)/t9-,10+,15+,21+/m0/s1. The molecule has 0 aromatic heterocycles. The number of hydrogen-bond acceptors (Lipinski definition) is 8. The van der Waals surface area contributed by atoms with Crippen molar-refractivity contribution in [1.82, 2.24) is 4.90 Å². The molecule has 3 aliphatic carbocycles. The van der Waals surface area contributed by atoms with Crippen molar-refractivity contribution in [2.45, 2.75) is 24.5 Å². The van der Waals surface area contributed by atoms with E-state index >= 15 is 0 Å². The number of aromatic hydroxyl groups is 1. The van der Waals surface area contributed by atoms with Gasteiger partial charge < -0.3 is 26.2 Å². The highest BCUT2D eigenvalue weighted by molar-refractivity contribution is 6.24. The molecule has 1 fully saturated rings. The third kappa shape index (κ3) is 2.39. The number of nitrogens with two attached hydrogens (primary N) is 1. The smallest absolute Gasteiger partial charge is 0.255 e. The number of Topliss-reactive ketones (excluding diaryl/α,β-unsaturated/α-hetero) is 2. The number of aliphatic hydroxyl groups excluding tert-OH is 2. The predicted octanol–water partition coefficient (Wildman–Crippen LogP) is -0.0360. The fourth-order valence-electron chi connectivity index (χ4n) is 5.18. The number of benzene rings is 1. The van der Waals surface area contributed by atoms with Crippen molar-refractivity contribution in [2.75, 3.05) is 14.1 Å². The number of nitrogens with zero attached hydrogens (tertiary/aromatic N) is 1. The van der Waals surface area contributed by atoms with Crippen LogP contribution in [0.2, 0.25) is 0 Å². The van der Waals surface area contributed by atoms with Crippen LogP contribution in [0.25, 0.3) is 5.76 Å². The Balaban J connectivity index is 1.98. The summed E-state index contributed by atoms with van der Waals surface area (Å²) in [6.45, 7) is 0. The van der Waals surface area contributed by atoms with E-state index in [9.17, 15) is 34.8 Å². The van der Waals surface area contributed by atoms with Gasteiger partial charge in [-0.1, -0.05) is 12.1 Å². The van der Waals surface area contributed by atoms with Crippen LogP contribution in [-0.4, -0.2) is 68.5 Å². The number of likely N-dealkylation sites (N-methyl/N-ethyl adjacent to an activating group) is 1. The molecule has 0 aliphatic heterocycles. The summed E-state index contributed by atoms with van der Waals surface area (Å²) in [5.74, 6) is -6.43. The van der Waals surface area contributed by atoms with Gasteiger partial charge in [0.05, 0.1) is 11.6 Å². The molecule has 30 heavy (non-hydrogen) atoms. The molecule has 9 nitrogen and oxygen atoms in total. The van der Waals surface area contributed by atoms with Crippen LogP contribution in [0.4, 0.5) is 0 Å². The number of amides is 1. The molecule has 4 rings (SSSR count). The minimum atomic E-state index is -2.60. The Morgan fingerprint density at radius 2 is 1.87 bits per heavy atom. The number of fused-ring (bicyclic) bond motifs is 3. The summed E-state index contributed by atoms with van der Waals surface area (Å²) in [6.07, 6.45) is 0.379. The zero-order valence-corrected chi connectivity index (χ0v) is 16.4. The fraction of sp³-hybridized carbons (Fsp3) is 0.381. The van der Waals surface area contributed by atoms with E-state index in [1.54, 1.807) is 26.2 Å². The Bertz CT molecular complexity index is 1070. The van der Waals surface area contributed by atoms with E-state index in [0.717, 1.165) is 0 Å². The number of hydrogen-bond donors (Lipinski definition) is 5. The van der Waals surface area contributed by atoms with Crippen molar-refractivity contribution in [3.8, 4) is 5.75 Å². The van der Waals surface area contributed by atoms with Crippen LogP contribution in [-0.2, 0) is 20.8 Å². The summed E-state index contributed by atoms with van der Waals surface area (Å²) in [7, 11) is 3.12. The molecule has 3 aliphatic rings. The Kier molecular flexibility index (Phi) is 4.30. The van der Waals surface area contributed by atoms with Gasteiger partial charge in [-0.15, -0.1) is 0 Å². The zero-order valence-electron chi connectivity index (χ0n) is 16.4. The molecular weight excluding hydrogens is 392 g/mol. The van der Waals surface area contributed by atoms with Gasteiger partial charge in [0.25, 0.3) is 5.91 Å². The first-order valence-corrected chi connectivity index (χ1v) is 9.47. The average Bonchev–Trinajstić information content (AvgIpc) is 2.64. The summed E-state index contributed by atoms with van der Waals surface area (Å²) in [6, 6.07) is 3.62. The molecule has 0 saturated heterocycles. The highest BCUT2D eigenvalue weighted by atomic mass is 16.3. The van der Waals surface area contributed by atoms with Gasteiger partial charge in [0.15, 0.2) is 11.4 Å². The number of primary amides is 1. The third-order valence-corrected chi connectivity index (χ3v) is 6.46. The number of rotatable bonds is 2. The second-order valence-corrected chi connectivity index (χ2v) is 8.27. The third-order valence-electron chi connectivity index (χ3n) is 6.46. The van der Waals surface area contributed by atoms with E-state index in [1.807, 2.05) is 0 Å². The van der Waals surface area contributed by atoms with Gasteiger partial charge in [-0.25, -0.2) is 0 Å². The lowest BCUT2D eigenvalue weighted by atomic mass is 9.57. The normalized spacial score (nSPS) is 30.9. The number of aliphatic hydroxyl groups is 3. The molecule has 1 aromatic rings. The number of phenolic OH excluding ortho intramolecular Hbond substituents is 1. The number of carbonyl (C=O) groups excluding carboxylic acids is 3. The first-order chi connectivity index (χ1) is 14.0. The van der Waals surface area contributed by atoms with Gasteiger partial charge in [-0.05, 0) is 44.5 Å². The summed E-state index contributed by atoms with van der Waals surface area (Å²) < 4.78 is 0. The van der Waals surface area contributed by atoms with E-state index in [1.165, 1.54) is 11.0 Å². The van der Waals surface area contributed by atoms with Gasteiger partial charge in [0.1, 0.15) is 22.8 Å². The molecule has 0 unspecified atom stereocenters. The van der Waals surface area contributed by atoms with E-state index in [2.05, 4.69) is 0 Å². The van der Waals surface area contributed by atoms with Crippen LogP contribution in [0, 0.1) is 11.8 Å². The number of ketones is 2. The van der Waals surface area contributed by atoms with E-state index in [-0.39, 0.29) is 23.3 Å². The van der Waals surface area contributed by atoms with Gasteiger partial charge >= 0.3 is 0 Å². The molecule has 1 aromatic carbocycles. The van der Waals surface area contributed by atoms with Crippen LogP contribution >= 0.6 is 0 Å². The molecule has 0 spiro atoms. The van der Waals surface area contributed by atoms with Crippen LogP contribution in [0.1, 0.15) is 17.5 Å². The second-order valence-electron chi connectivity index (χ2n) is 8.27. The van der Waals surface area contributed by atoms with Crippen molar-refractivity contribution >= 4 is 23.2 Å². The monoisotopic (exact) mass is 414 g/mol. The Morgan fingerprint density at radius 3 is 2.47 bits per heavy atom. The highest BCUT2D eigenvalue weighted by Gasteiger charge is 2.64. The Hall–Kier alpha value is -3.17. The summed E-state index contributed by atoms with van der Waals surface area (Å²) in [4.78, 5) is 39.7. The van der Waals surface area contributed by atoms with Crippen molar-refractivity contribution in [3.63, 3.8) is 0 Å². The zero-order chi connectivity index (χ0) is 22.1. The molecule has 1 amide bonds. The minimum absolute atomic E-state index is 0.0847. The quantitative estimate of drug-likeness (QED) is 0.421. The first kappa shape index (κ1) is 20.1. The van der Waals surface area contributed by atoms with Crippen LogP contribution < -0.4 is 5.73 Å². The average molecular weight is 414 g/mol. The maximum atomic E-state index is 13.5. The van der Waals surface area contributed by atoms with Crippen molar-refractivity contribution in [2.24, 2.45) is 17.6 Å². The second kappa shape index (κ2) is 6.41. The molecule has 158 valence electrons. The van der Waals surface area contributed by atoms with Crippen molar-refractivity contribution in [1.29, 1.82) is 0 Å². The summed E-state index contributed by atoms with van der Waals surface area (Å²) >= 11 is 0. The molecule has 0 bridgehead atoms. The number of carbonyl (C=O) groups is 3. The lowest BCUT2D eigenvalue weighted by Gasteiger charge is -2.50. The minimum Gasteiger partial charge on any atom is -0.508 e. The summed E-state index contributed by atoms with van der Waals surface area (Å²) in [5, 5.41) is 43.1. The molecule has 4 atom stereocenters. The van der Waals surface area contributed by atoms with E-state index < -0.39 is 58.0 Å². The first-order valence-electron chi connectivity index (χ1n) is 9.47. The van der Waals surface area contributed by atoms with Crippen LogP contribution in [0.3, 0.4) is 0 Å². The van der Waals surface area contributed by atoms with Crippen LogP contribution in [0.5, 0.6) is 5.75 Å². The van der Waals surface area contributed by atoms with E-state index in [4.69, 9.17) is 5.73 Å². The molecular formula is C21H22N2O7. The SMILES string of the molecule is CN(C)[C@H]1C(=O)C(C(N)=O)=C(O)[C@]2(O)C(=O)C3=C(O)c4c(O)cccc4C[C@H]3C[C@H]12.